The van der Waals surface area contributed by atoms with Gasteiger partial charge in [-0.25, -0.2) is 4.98 Å². The zero-order chi connectivity index (χ0) is 30.5. The molecule has 4 rings (SSSR count). The van der Waals surface area contributed by atoms with Crippen molar-refractivity contribution in [2.24, 2.45) is 20.5 Å². The van der Waals surface area contributed by atoms with E-state index in [-0.39, 0.29) is 0 Å². The van der Waals surface area contributed by atoms with Gasteiger partial charge in [-0.3, -0.25) is 0 Å². The van der Waals surface area contributed by atoms with E-state index in [0.717, 1.165) is 44.6 Å². The molecule has 2 aromatic heterocycles. The van der Waals surface area contributed by atoms with Gasteiger partial charge in [0.25, 0.3) is 0 Å². The van der Waals surface area contributed by atoms with Crippen molar-refractivity contribution in [1.82, 2.24) is 4.98 Å². The van der Waals surface area contributed by atoms with Gasteiger partial charge >= 0.3 is 0 Å². The van der Waals surface area contributed by atoms with Crippen LogP contribution >= 0.6 is 22.7 Å². The molecule has 230 valence electrons. The number of rotatable bonds is 18. The minimum atomic E-state index is -1.66. The van der Waals surface area contributed by atoms with Crippen LogP contribution in [0.15, 0.2) is 75.1 Å². The van der Waals surface area contributed by atoms with Gasteiger partial charge in [-0.2, -0.15) is 0 Å². The summed E-state index contributed by atoms with van der Waals surface area (Å²) in [6, 6.07) is 22.3. The third-order valence-corrected chi connectivity index (χ3v) is 14.2. The van der Waals surface area contributed by atoms with Crippen molar-refractivity contribution in [2.45, 2.75) is 83.8 Å². The maximum Gasteiger partial charge on any atom is 0.231 e. The van der Waals surface area contributed by atoms with E-state index in [1.807, 2.05) is 56.6 Å². The number of fused-ring (bicyclic) bond motifs is 1. The summed E-state index contributed by atoms with van der Waals surface area (Å²) in [5.74, 6) is 0. The highest BCUT2D eigenvalue weighted by Gasteiger charge is 2.32. The summed E-state index contributed by atoms with van der Waals surface area (Å²) < 4.78 is 7.88. The van der Waals surface area contributed by atoms with Crippen LogP contribution in [0.2, 0.25) is 18.1 Å². The molecule has 43 heavy (non-hydrogen) atoms. The van der Waals surface area contributed by atoms with Gasteiger partial charge < -0.3 is 9.33 Å². The van der Waals surface area contributed by atoms with Crippen molar-refractivity contribution in [1.29, 1.82) is 0 Å². The van der Waals surface area contributed by atoms with Crippen LogP contribution in [0.4, 0.5) is 27.2 Å². The molecular formula is C33H46N6OS2Si. The summed E-state index contributed by atoms with van der Waals surface area (Å²) in [4.78, 5) is 7.57. The Labute approximate surface area is 266 Å². The van der Waals surface area contributed by atoms with Crippen LogP contribution < -0.4 is 4.90 Å². The SMILES string of the molecule is CCCC[Si](CCCC)(CCCC)OCCc1ccc(N=Nc2cc3sc(N=Nc4ccc(N(C)C)cc4)nc3s2)cc1. The van der Waals surface area contributed by atoms with E-state index in [0.29, 0.717) is 5.13 Å². The molecule has 0 aliphatic carbocycles. The van der Waals surface area contributed by atoms with Gasteiger partial charge in [0.2, 0.25) is 5.13 Å². The van der Waals surface area contributed by atoms with Crippen molar-refractivity contribution >= 4 is 67.7 Å². The van der Waals surface area contributed by atoms with Gasteiger partial charge in [-0.15, -0.1) is 20.5 Å². The summed E-state index contributed by atoms with van der Waals surface area (Å²) in [6.07, 6.45) is 8.62. The van der Waals surface area contributed by atoms with E-state index in [4.69, 9.17) is 4.43 Å². The number of unbranched alkanes of at least 4 members (excludes halogenated alkanes) is 3. The molecule has 0 N–H and O–H groups in total. The first-order valence-electron chi connectivity index (χ1n) is 15.7. The molecule has 0 fully saturated rings. The third-order valence-electron chi connectivity index (χ3n) is 7.64. The first-order valence-corrected chi connectivity index (χ1v) is 19.8. The highest BCUT2D eigenvalue weighted by molar-refractivity contribution is 7.30. The fourth-order valence-corrected chi connectivity index (χ4v) is 11.6. The molecular weight excluding hydrogens is 589 g/mol. The Bertz CT molecular complexity index is 1390. The Morgan fingerprint density at radius 2 is 1.33 bits per heavy atom. The van der Waals surface area contributed by atoms with Gasteiger partial charge in [0, 0.05) is 26.4 Å². The standard InChI is InChI=1S/C33H46N6OS2Si/c1-6-9-22-43(23-10-7-2,24-11-8-3)40-21-20-26-12-14-27(15-13-26)35-37-31-25-30-32(42-31)34-33(41-30)38-36-28-16-18-29(19-17-28)39(4)5/h12-19,25H,6-11,20-24H2,1-5H3. The lowest BCUT2D eigenvalue weighted by atomic mass is 10.1. The first kappa shape index (κ1) is 33.1. The van der Waals surface area contributed by atoms with Crippen LogP contribution in [-0.4, -0.2) is 34.0 Å². The summed E-state index contributed by atoms with van der Waals surface area (Å²) in [6.45, 7) is 7.72. The normalized spacial score (nSPS) is 12.3. The fourth-order valence-electron chi connectivity index (χ4n) is 5.03. The van der Waals surface area contributed by atoms with E-state index < -0.39 is 8.32 Å². The summed E-state index contributed by atoms with van der Waals surface area (Å²) >= 11 is 3.03. The number of thiazole rings is 1. The number of hydrogen-bond acceptors (Lipinski definition) is 9. The molecule has 0 saturated heterocycles. The van der Waals surface area contributed by atoms with E-state index in [2.05, 4.69) is 63.2 Å². The van der Waals surface area contributed by atoms with E-state index >= 15 is 0 Å². The molecule has 7 nitrogen and oxygen atoms in total. The second kappa shape index (κ2) is 16.9. The minimum Gasteiger partial charge on any atom is -0.416 e. The molecule has 4 aromatic rings. The van der Waals surface area contributed by atoms with Crippen molar-refractivity contribution in [3.8, 4) is 0 Å². The Balaban J connectivity index is 1.30. The predicted octanol–water partition coefficient (Wildman–Crippen LogP) is 12.2. The molecule has 0 radical (unpaired) electrons. The topological polar surface area (TPSA) is 74.8 Å². The lowest BCUT2D eigenvalue weighted by molar-refractivity contribution is 0.297. The number of azo groups is 2. The summed E-state index contributed by atoms with van der Waals surface area (Å²) in [5.41, 5.74) is 4.07. The minimum absolute atomic E-state index is 0.641. The molecule has 0 saturated carbocycles. The fraction of sp³-hybridized carbons (Fsp3) is 0.485. The van der Waals surface area contributed by atoms with E-state index in [1.54, 1.807) is 0 Å². The molecule has 0 spiro atoms. The zero-order valence-corrected chi connectivity index (χ0v) is 29.0. The Morgan fingerprint density at radius 3 is 1.88 bits per heavy atom. The molecule has 0 aliphatic heterocycles. The summed E-state index contributed by atoms with van der Waals surface area (Å²) in [7, 11) is 2.37. The van der Waals surface area contributed by atoms with Crippen LogP contribution in [0.5, 0.6) is 0 Å². The monoisotopic (exact) mass is 634 g/mol. The highest BCUT2D eigenvalue weighted by atomic mass is 32.1. The average Bonchev–Trinajstić information content (AvgIpc) is 3.59. The van der Waals surface area contributed by atoms with Gasteiger partial charge in [0.05, 0.1) is 16.1 Å². The highest BCUT2D eigenvalue weighted by Crippen LogP contribution is 2.39. The average molecular weight is 635 g/mol. The van der Waals surface area contributed by atoms with Crippen molar-refractivity contribution in [3.05, 3.63) is 60.2 Å². The Kier molecular flexibility index (Phi) is 13.0. The zero-order valence-electron chi connectivity index (χ0n) is 26.4. The van der Waals surface area contributed by atoms with Crippen LogP contribution in [0.1, 0.15) is 64.9 Å². The van der Waals surface area contributed by atoms with Gasteiger partial charge in [-0.1, -0.05) is 94.1 Å². The lowest BCUT2D eigenvalue weighted by Gasteiger charge is -2.32. The quantitative estimate of drug-likeness (QED) is 0.0807. The van der Waals surface area contributed by atoms with Crippen molar-refractivity contribution in [2.75, 3.05) is 25.6 Å². The van der Waals surface area contributed by atoms with Crippen LogP contribution in [-0.2, 0) is 10.8 Å². The number of thiophene rings is 1. The molecule has 0 bridgehead atoms. The first-order chi connectivity index (χ1) is 20.9. The van der Waals surface area contributed by atoms with E-state index in [1.165, 1.54) is 84.9 Å². The van der Waals surface area contributed by atoms with Gasteiger partial charge in [0.15, 0.2) is 8.32 Å². The number of anilines is 1. The van der Waals surface area contributed by atoms with Crippen molar-refractivity contribution < 1.29 is 4.43 Å². The van der Waals surface area contributed by atoms with E-state index in [9.17, 15) is 0 Å². The second-order valence-corrected chi connectivity index (χ2v) is 17.5. The molecule has 0 amide bonds. The smallest absolute Gasteiger partial charge is 0.231 e. The van der Waals surface area contributed by atoms with Gasteiger partial charge in [0.1, 0.15) is 9.83 Å². The number of benzene rings is 2. The van der Waals surface area contributed by atoms with Gasteiger partial charge in [-0.05, 0) is 72.6 Å². The molecule has 2 heterocycles. The third kappa shape index (κ3) is 10.1. The molecule has 0 aliphatic rings. The Morgan fingerprint density at radius 1 is 0.744 bits per heavy atom. The number of aromatic nitrogens is 1. The molecule has 2 aromatic carbocycles. The maximum atomic E-state index is 6.83. The van der Waals surface area contributed by atoms with Crippen LogP contribution in [0, 0.1) is 0 Å². The Hall–Kier alpha value is -2.79. The molecule has 0 unspecified atom stereocenters. The maximum absolute atomic E-state index is 6.83. The molecule has 10 heteroatoms. The number of nitrogens with zero attached hydrogens (tertiary/aromatic N) is 6. The summed E-state index contributed by atoms with van der Waals surface area (Å²) in [5, 5.41) is 19.1. The van der Waals surface area contributed by atoms with Crippen molar-refractivity contribution in [3.63, 3.8) is 0 Å². The predicted molar refractivity (Wildman–Crippen MR) is 188 cm³/mol. The number of hydrogen-bond donors (Lipinski definition) is 0. The van der Waals surface area contributed by atoms with Crippen LogP contribution in [0.25, 0.3) is 9.53 Å². The largest absolute Gasteiger partial charge is 0.416 e. The molecule has 0 atom stereocenters. The second-order valence-electron chi connectivity index (χ2n) is 11.3. The van der Waals surface area contributed by atoms with Crippen LogP contribution in [0.3, 0.4) is 0 Å². The lowest BCUT2D eigenvalue weighted by Crippen LogP contribution is -2.38.